The van der Waals surface area contributed by atoms with Crippen LogP contribution in [0.5, 0.6) is 0 Å². The van der Waals surface area contributed by atoms with Crippen LogP contribution < -0.4 is 21.7 Å². The van der Waals surface area contributed by atoms with Crippen molar-refractivity contribution in [3.63, 3.8) is 0 Å². The highest BCUT2D eigenvalue weighted by molar-refractivity contribution is 6.32. The van der Waals surface area contributed by atoms with E-state index in [4.69, 9.17) is 34.7 Å². The Hall–Kier alpha value is -2.66. The Morgan fingerprint density at radius 2 is 1.84 bits per heavy atom. The largest absolute Gasteiger partial charge is 0.382 e. The van der Waals surface area contributed by atoms with E-state index >= 15 is 0 Å². The number of benzene rings is 1. The molecule has 2 aliphatic heterocycles. The first kappa shape index (κ1) is 28.4. The van der Waals surface area contributed by atoms with Crippen LogP contribution in [-0.4, -0.2) is 83.4 Å². The Kier molecular flexibility index (Phi) is 9.30. The molecule has 12 heteroatoms. The number of piperazine rings is 1. The molecule has 0 bridgehead atoms. The van der Waals surface area contributed by atoms with E-state index in [9.17, 15) is 9.59 Å². The molecule has 1 atom stereocenters. The maximum absolute atomic E-state index is 12.0. The van der Waals surface area contributed by atoms with Crippen molar-refractivity contribution >= 4 is 46.7 Å². The molecule has 1 aromatic heterocycles. The number of primary amides is 1. The lowest BCUT2D eigenvalue weighted by Crippen LogP contribution is -2.58. The summed E-state index contributed by atoms with van der Waals surface area (Å²) < 4.78 is 0. The van der Waals surface area contributed by atoms with Gasteiger partial charge in [-0.2, -0.15) is 0 Å². The van der Waals surface area contributed by atoms with E-state index in [1.165, 1.54) is 0 Å². The second-order valence-corrected chi connectivity index (χ2v) is 10.7. The van der Waals surface area contributed by atoms with Gasteiger partial charge in [-0.1, -0.05) is 36.2 Å². The maximum Gasteiger partial charge on any atom is 0.271 e. The number of nitrogen functional groups attached to an aromatic ring is 1. The third-order valence-electron chi connectivity index (χ3n) is 7.61. The Labute approximate surface area is 233 Å². The third kappa shape index (κ3) is 6.48. The summed E-state index contributed by atoms with van der Waals surface area (Å²) in [6, 6.07) is 6.67. The number of nitrogens with two attached hydrogens (primary N) is 2. The van der Waals surface area contributed by atoms with E-state index in [2.05, 4.69) is 36.9 Å². The fraction of sp³-hybridized carbons (Fsp3) is 0.538. The SMILES string of the molecule is CC[C@H]1CN(c2nc(N)c(C(N)=O)nc2Cl)CCN1C1CCN(Cc2ccc(Cl)cc2CC(=O)NC)CC1. The first-order valence-corrected chi connectivity index (χ1v) is 13.8. The molecule has 4 rings (SSSR count). The van der Waals surface area contributed by atoms with E-state index in [0.717, 1.165) is 69.7 Å². The van der Waals surface area contributed by atoms with Gasteiger partial charge in [0.05, 0.1) is 6.42 Å². The van der Waals surface area contributed by atoms with Crippen LogP contribution in [0, 0.1) is 0 Å². The van der Waals surface area contributed by atoms with E-state index < -0.39 is 5.91 Å². The van der Waals surface area contributed by atoms with Gasteiger partial charge in [-0.15, -0.1) is 0 Å². The molecule has 2 aliphatic rings. The highest BCUT2D eigenvalue weighted by Gasteiger charge is 2.34. The van der Waals surface area contributed by atoms with Crippen molar-refractivity contribution in [2.75, 3.05) is 50.4 Å². The van der Waals surface area contributed by atoms with E-state index in [1.54, 1.807) is 7.05 Å². The molecule has 2 aromatic rings. The molecule has 38 heavy (non-hydrogen) atoms. The number of likely N-dealkylation sites (tertiary alicyclic amines) is 1. The van der Waals surface area contributed by atoms with Crippen molar-refractivity contribution in [3.8, 4) is 0 Å². The minimum atomic E-state index is -0.746. The van der Waals surface area contributed by atoms with Crippen LogP contribution in [0.3, 0.4) is 0 Å². The van der Waals surface area contributed by atoms with Crippen molar-refractivity contribution in [3.05, 3.63) is 45.2 Å². The second kappa shape index (κ2) is 12.5. The van der Waals surface area contributed by atoms with E-state index in [1.807, 2.05) is 18.2 Å². The predicted molar refractivity (Wildman–Crippen MR) is 150 cm³/mol. The smallest absolute Gasteiger partial charge is 0.271 e. The molecule has 206 valence electrons. The number of piperidine rings is 1. The van der Waals surface area contributed by atoms with Crippen LogP contribution >= 0.6 is 23.2 Å². The number of carbonyl (C=O) groups is 2. The molecule has 10 nitrogen and oxygen atoms in total. The molecule has 0 saturated carbocycles. The minimum absolute atomic E-state index is 0.00100. The predicted octanol–water partition coefficient (Wildman–Crippen LogP) is 2.32. The number of anilines is 2. The molecule has 2 saturated heterocycles. The lowest BCUT2D eigenvalue weighted by Gasteiger charge is -2.47. The minimum Gasteiger partial charge on any atom is -0.382 e. The summed E-state index contributed by atoms with van der Waals surface area (Å²) in [6.45, 7) is 7.37. The fourth-order valence-corrected chi connectivity index (χ4v) is 5.97. The van der Waals surface area contributed by atoms with Crippen molar-refractivity contribution in [1.29, 1.82) is 0 Å². The number of carbonyl (C=O) groups excluding carboxylic acids is 2. The van der Waals surface area contributed by atoms with Gasteiger partial charge in [0, 0.05) is 50.3 Å². The lowest BCUT2D eigenvalue weighted by atomic mass is 9.97. The van der Waals surface area contributed by atoms with Crippen LogP contribution in [0.4, 0.5) is 11.6 Å². The van der Waals surface area contributed by atoms with Gasteiger partial charge in [0.25, 0.3) is 5.91 Å². The standard InChI is InChI=1S/C26H36Cl2N8O2/c1-3-19-15-35(26-23(28)32-22(25(30)38)24(29)33-26)10-11-36(19)20-6-8-34(9-7-20)14-16-4-5-18(27)12-17(16)13-21(37)31-2/h4-5,12,19-20H,3,6-11,13-15H2,1-2H3,(H2,29,33)(H2,30,38)(H,31,37)/t19-/m0/s1. The number of nitrogens with zero attached hydrogens (tertiary/aromatic N) is 5. The lowest BCUT2D eigenvalue weighted by molar-refractivity contribution is -0.119. The Balaban J connectivity index is 1.37. The molecule has 0 spiro atoms. The summed E-state index contributed by atoms with van der Waals surface area (Å²) in [4.78, 5) is 39.2. The number of hydrogen-bond acceptors (Lipinski definition) is 8. The summed E-state index contributed by atoms with van der Waals surface area (Å²) >= 11 is 12.6. The quantitative estimate of drug-likeness (QED) is 0.446. The average molecular weight is 564 g/mol. The zero-order chi connectivity index (χ0) is 27.4. The molecule has 1 aromatic carbocycles. The fourth-order valence-electron chi connectivity index (χ4n) is 5.53. The van der Waals surface area contributed by atoms with Crippen LogP contribution in [0.2, 0.25) is 10.2 Å². The number of amides is 2. The molecule has 3 heterocycles. The van der Waals surface area contributed by atoms with Gasteiger partial charge >= 0.3 is 0 Å². The van der Waals surface area contributed by atoms with E-state index in [-0.39, 0.29) is 22.6 Å². The Morgan fingerprint density at radius 1 is 1.11 bits per heavy atom. The van der Waals surface area contributed by atoms with Crippen LogP contribution in [0.25, 0.3) is 0 Å². The number of rotatable bonds is 8. The number of nitrogens with one attached hydrogen (secondary N) is 1. The first-order valence-electron chi connectivity index (χ1n) is 13.0. The van der Waals surface area contributed by atoms with Gasteiger partial charge in [0.1, 0.15) is 0 Å². The highest BCUT2D eigenvalue weighted by Crippen LogP contribution is 2.30. The first-order chi connectivity index (χ1) is 18.2. The van der Waals surface area contributed by atoms with Crippen LogP contribution in [0.15, 0.2) is 18.2 Å². The van der Waals surface area contributed by atoms with Crippen LogP contribution in [0.1, 0.15) is 47.8 Å². The molecular formula is C26H36Cl2N8O2. The summed E-state index contributed by atoms with van der Waals surface area (Å²) in [7, 11) is 1.65. The molecule has 5 N–H and O–H groups in total. The summed E-state index contributed by atoms with van der Waals surface area (Å²) in [6.07, 6.45) is 3.48. The van der Waals surface area contributed by atoms with Crippen molar-refractivity contribution in [2.24, 2.45) is 5.73 Å². The zero-order valence-corrected chi connectivity index (χ0v) is 23.4. The van der Waals surface area contributed by atoms with Gasteiger partial charge in [0.15, 0.2) is 22.5 Å². The number of halogens is 2. The molecule has 0 aliphatic carbocycles. The van der Waals surface area contributed by atoms with Gasteiger partial charge in [-0.25, -0.2) is 9.97 Å². The van der Waals surface area contributed by atoms with Crippen molar-refractivity contribution in [2.45, 2.75) is 51.2 Å². The van der Waals surface area contributed by atoms with Gasteiger partial charge in [0.2, 0.25) is 5.91 Å². The maximum atomic E-state index is 12.0. The van der Waals surface area contributed by atoms with Gasteiger partial charge in [-0.05, 0) is 55.6 Å². The van der Waals surface area contributed by atoms with Crippen LogP contribution in [-0.2, 0) is 17.8 Å². The summed E-state index contributed by atoms with van der Waals surface area (Å²) in [5.41, 5.74) is 13.3. The Bertz CT molecular complexity index is 1170. The average Bonchev–Trinajstić information content (AvgIpc) is 2.91. The topological polar surface area (TPSA) is 134 Å². The normalized spacial score (nSPS) is 19.5. The second-order valence-electron chi connectivity index (χ2n) is 9.95. The molecule has 0 unspecified atom stereocenters. The van der Waals surface area contributed by atoms with Crippen molar-refractivity contribution in [1.82, 2.24) is 25.1 Å². The molecule has 2 amide bonds. The van der Waals surface area contributed by atoms with Crippen molar-refractivity contribution < 1.29 is 9.59 Å². The molecule has 0 radical (unpaired) electrons. The number of aromatic nitrogens is 2. The summed E-state index contributed by atoms with van der Waals surface area (Å²) in [5.74, 6) is -0.267. The van der Waals surface area contributed by atoms with E-state index in [0.29, 0.717) is 29.3 Å². The van der Waals surface area contributed by atoms with Gasteiger partial charge < -0.3 is 21.7 Å². The Morgan fingerprint density at radius 3 is 2.50 bits per heavy atom. The van der Waals surface area contributed by atoms with Gasteiger partial charge in [-0.3, -0.25) is 19.4 Å². The molecule has 2 fully saturated rings. The highest BCUT2D eigenvalue weighted by atomic mass is 35.5. The zero-order valence-electron chi connectivity index (χ0n) is 21.9. The summed E-state index contributed by atoms with van der Waals surface area (Å²) in [5, 5.41) is 3.49. The monoisotopic (exact) mass is 562 g/mol. The number of likely N-dealkylation sites (N-methyl/N-ethyl adjacent to an activating group) is 1. The number of hydrogen-bond donors (Lipinski definition) is 3. The third-order valence-corrected chi connectivity index (χ3v) is 8.10. The molecular weight excluding hydrogens is 527 g/mol.